The summed E-state index contributed by atoms with van der Waals surface area (Å²) in [5.41, 5.74) is 1.46. The second-order valence-electron chi connectivity index (χ2n) is 8.01. The van der Waals surface area contributed by atoms with Gasteiger partial charge >= 0.3 is 0 Å². The Morgan fingerprint density at radius 2 is 1.50 bits per heavy atom. The molecule has 0 aliphatic heterocycles. The van der Waals surface area contributed by atoms with E-state index in [0.29, 0.717) is 0 Å². The van der Waals surface area contributed by atoms with Crippen molar-refractivity contribution in [2.24, 2.45) is 0 Å². The third-order valence-corrected chi connectivity index (χ3v) is 6.32. The van der Waals surface area contributed by atoms with Crippen molar-refractivity contribution in [1.82, 2.24) is 0 Å². The molecule has 1 nitrogen and oxygen atoms in total. The fourth-order valence-corrected chi connectivity index (χ4v) is 4.85. The topological polar surface area (TPSA) is 0 Å². The van der Waals surface area contributed by atoms with Crippen LogP contribution in [-0.4, -0.2) is 25.1 Å². The van der Waals surface area contributed by atoms with Crippen molar-refractivity contribution in [2.75, 3.05) is 20.6 Å². The number of rotatable bonds is 9. The largest absolute Gasteiger partial charge is 1.00 e. The summed E-state index contributed by atoms with van der Waals surface area (Å²) in [6.45, 7) is 4.68. The smallest absolute Gasteiger partial charge is 0.104 e. The number of thiophene rings is 1. The maximum atomic E-state index is 2.43. The van der Waals surface area contributed by atoms with E-state index in [4.69, 9.17) is 0 Å². The predicted molar refractivity (Wildman–Crippen MR) is 113 cm³/mol. The SMILES string of the molecule is CCCCCCCC[N+](C)(C)Cc1ccc2sc3ccccc3c2c1.[Cl-]. The molecule has 0 amide bonds. The summed E-state index contributed by atoms with van der Waals surface area (Å²) < 4.78 is 3.89. The number of fused-ring (bicyclic) bond motifs is 3. The lowest BCUT2D eigenvalue weighted by Crippen LogP contribution is -3.00. The van der Waals surface area contributed by atoms with Crippen LogP contribution in [0.1, 0.15) is 51.0 Å². The monoisotopic (exact) mass is 389 g/mol. The van der Waals surface area contributed by atoms with E-state index in [-0.39, 0.29) is 12.4 Å². The van der Waals surface area contributed by atoms with E-state index >= 15 is 0 Å². The predicted octanol–water partition coefficient (Wildman–Crippen LogP) is 4.00. The van der Waals surface area contributed by atoms with E-state index in [9.17, 15) is 0 Å². The zero-order valence-corrected chi connectivity index (χ0v) is 18.0. The summed E-state index contributed by atoms with van der Waals surface area (Å²) in [7, 11) is 4.75. The molecule has 0 saturated heterocycles. The number of unbranched alkanes of at least 4 members (excludes halogenated alkanes) is 5. The molecule has 1 heterocycles. The Morgan fingerprint density at radius 3 is 2.31 bits per heavy atom. The lowest BCUT2D eigenvalue weighted by molar-refractivity contribution is -0.903. The summed E-state index contributed by atoms with van der Waals surface area (Å²) >= 11 is 1.91. The standard InChI is InChI=1S/C23H32NS.ClH/c1-4-5-6-7-8-11-16-24(2,3)18-19-14-15-23-21(17-19)20-12-9-10-13-22(20)25-23;/h9-10,12-15,17H,4-8,11,16,18H2,1-3H3;1H/q+1;/p-1. The molecule has 3 aromatic rings. The van der Waals surface area contributed by atoms with Crippen LogP contribution in [0.2, 0.25) is 0 Å². The summed E-state index contributed by atoms with van der Waals surface area (Å²) in [6.07, 6.45) is 8.27. The molecule has 0 aliphatic carbocycles. The van der Waals surface area contributed by atoms with E-state index in [1.807, 2.05) is 11.3 Å². The fraction of sp³-hybridized carbons (Fsp3) is 0.478. The maximum absolute atomic E-state index is 2.43. The van der Waals surface area contributed by atoms with E-state index < -0.39 is 0 Å². The maximum Gasteiger partial charge on any atom is 0.104 e. The molecule has 3 rings (SSSR count). The molecule has 3 heteroatoms. The summed E-state index contributed by atoms with van der Waals surface area (Å²) in [6, 6.07) is 15.9. The van der Waals surface area contributed by atoms with E-state index in [1.54, 1.807) is 0 Å². The van der Waals surface area contributed by atoms with Crippen molar-refractivity contribution in [3.8, 4) is 0 Å². The molecule has 0 spiro atoms. The second-order valence-corrected chi connectivity index (χ2v) is 9.10. The molecule has 0 saturated carbocycles. The molecule has 2 aromatic carbocycles. The Balaban J connectivity index is 0.00000243. The zero-order chi connectivity index (χ0) is 17.7. The molecule has 0 unspecified atom stereocenters. The van der Waals surface area contributed by atoms with E-state index in [2.05, 4.69) is 63.5 Å². The van der Waals surface area contributed by atoms with Crippen LogP contribution in [0.4, 0.5) is 0 Å². The van der Waals surface area contributed by atoms with E-state index in [1.165, 1.54) is 70.8 Å². The van der Waals surface area contributed by atoms with Crippen LogP contribution in [0.25, 0.3) is 20.2 Å². The first-order valence-electron chi connectivity index (χ1n) is 9.81. The molecule has 0 fully saturated rings. The van der Waals surface area contributed by atoms with Gasteiger partial charge in [-0.3, -0.25) is 0 Å². The fourth-order valence-electron chi connectivity index (χ4n) is 3.77. The second kappa shape index (κ2) is 9.73. The molecule has 0 atom stereocenters. The van der Waals surface area contributed by atoms with Crippen LogP contribution >= 0.6 is 11.3 Å². The van der Waals surface area contributed by atoms with Crippen LogP contribution in [0.5, 0.6) is 0 Å². The Hall–Kier alpha value is -1.09. The number of halogens is 1. The van der Waals surface area contributed by atoms with Gasteiger partial charge in [0.25, 0.3) is 0 Å². The molecular formula is C23H32ClNS. The first-order chi connectivity index (χ1) is 12.1. The molecule has 0 bridgehead atoms. The Bertz CT molecular complexity index is 821. The molecule has 0 N–H and O–H groups in total. The Morgan fingerprint density at radius 1 is 0.808 bits per heavy atom. The number of nitrogens with zero attached hydrogens (tertiary/aromatic N) is 1. The molecule has 0 aliphatic rings. The molecule has 0 radical (unpaired) electrons. The van der Waals surface area contributed by atoms with Crippen molar-refractivity contribution < 1.29 is 16.9 Å². The molecule has 26 heavy (non-hydrogen) atoms. The molecule has 1 aromatic heterocycles. The van der Waals surface area contributed by atoms with Crippen LogP contribution < -0.4 is 12.4 Å². The number of quaternary nitrogens is 1. The van der Waals surface area contributed by atoms with Gasteiger partial charge in [0, 0.05) is 25.7 Å². The molecular weight excluding hydrogens is 358 g/mol. The van der Waals surface area contributed by atoms with Gasteiger partial charge in [-0.05, 0) is 31.0 Å². The molecule has 142 valence electrons. The first-order valence-corrected chi connectivity index (χ1v) is 10.6. The van der Waals surface area contributed by atoms with Gasteiger partial charge in [0.2, 0.25) is 0 Å². The van der Waals surface area contributed by atoms with Crippen LogP contribution in [-0.2, 0) is 6.54 Å². The minimum atomic E-state index is 0. The van der Waals surface area contributed by atoms with Crippen molar-refractivity contribution in [1.29, 1.82) is 0 Å². The average Bonchev–Trinajstić information content (AvgIpc) is 2.96. The lowest BCUT2D eigenvalue weighted by Gasteiger charge is -2.30. The summed E-state index contributed by atoms with van der Waals surface area (Å²) in [4.78, 5) is 0. The summed E-state index contributed by atoms with van der Waals surface area (Å²) in [5.74, 6) is 0. The van der Waals surface area contributed by atoms with Gasteiger partial charge in [-0.15, -0.1) is 11.3 Å². The van der Waals surface area contributed by atoms with Crippen LogP contribution in [0, 0.1) is 0 Å². The number of hydrogen-bond donors (Lipinski definition) is 0. The van der Waals surface area contributed by atoms with Crippen LogP contribution in [0.3, 0.4) is 0 Å². The zero-order valence-electron chi connectivity index (χ0n) is 16.4. The third kappa shape index (κ3) is 5.45. The van der Waals surface area contributed by atoms with Gasteiger partial charge in [0.05, 0.1) is 20.6 Å². The normalized spacial score (nSPS) is 11.8. The summed E-state index contributed by atoms with van der Waals surface area (Å²) in [5, 5.41) is 2.84. The van der Waals surface area contributed by atoms with Crippen molar-refractivity contribution >= 4 is 31.5 Å². The van der Waals surface area contributed by atoms with Gasteiger partial charge in [-0.2, -0.15) is 0 Å². The van der Waals surface area contributed by atoms with Crippen LogP contribution in [0.15, 0.2) is 42.5 Å². The minimum Gasteiger partial charge on any atom is -1.00 e. The third-order valence-electron chi connectivity index (χ3n) is 5.17. The number of benzene rings is 2. The van der Waals surface area contributed by atoms with Gasteiger partial charge in [-0.25, -0.2) is 0 Å². The van der Waals surface area contributed by atoms with Gasteiger partial charge < -0.3 is 16.9 Å². The van der Waals surface area contributed by atoms with Crippen molar-refractivity contribution in [3.63, 3.8) is 0 Å². The first kappa shape index (κ1) is 21.2. The Labute approximate surface area is 169 Å². The highest BCUT2D eigenvalue weighted by atomic mass is 35.5. The van der Waals surface area contributed by atoms with E-state index in [0.717, 1.165) is 11.0 Å². The minimum absolute atomic E-state index is 0. The van der Waals surface area contributed by atoms with Gasteiger partial charge in [0.1, 0.15) is 6.54 Å². The average molecular weight is 390 g/mol. The highest BCUT2D eigenvalue weighted by Gasteiger charge is 2.16. The highest BCUT2D eigenvalue weighted by molar-refractivity contribution is 7.25. The highest BCUT2D eigenvalue weighted by Crippen LogP contribution is 2.34. The van der Waals surface area contributed by atoms with Gasteiger partial charge in [-0.1, -0.05) is 56.9 Å². The van der Waals surface area contributed by atoms with Gasteiger partial charge in [0.15, 0.2) is 0 Å². The number of hydrogen-bond acceptors (Lipinski definition) is 1. The van der Waals surface area contributed by atoms with Crippen molar-refractivity contribution in [2.45, 2.75) is 52.0 Å². The Kier molecular flexibility index (Phi) is 7.94. The van der Waals surface area contributed by atoms with Crippen molar-refractivity contribution in [3.05, 3.63) is 48.0 Å². The quantitative estimate of drug-likeness (QED) is 0.383. The lowest BCUT2D eigenvalue weighted by atomic mass is 10.1.